The third-order valence-electron chi connectivity index (χ3n) is 8.52. The molecule has 0 saturated carbocycles. The number of hydrazine groups is 1. The standard InChI is InChI=1S/C40H35FN6O7S2/c1-28-7-3-4-10-38(28)56(52,53)34-17-13-32(14-18-34)45-40(49)47(27-30-9-6-22-43-25-30)46(26-29-8-5-21-42-24-29)39(48)44-31-11-15-33(16-12-31)55(50,51)35-19-20-37(54-2)36(41)23-35/h3-25H,26-27H2,1-2H3,(H,44,48)(H,45,49). The number of benzene rings is 4. The predicted octanol–water partition coefficient (Wildman–Crippen LogP) is 7.28. The number of ether oxygens (including phenoxy) is 1. The Morgan fingerprint density at radius 2 is 1.12 bits per heavy atom. The molecule has 0 aliphatic carbocycles. The Kier molecular flexibility index (Phi) is 11.7. The summed E-state index contributed by atoms with van der Waals surface area (Å²) in [7, 11) is -6.70. The van der Waals surface area contributed by atoms with Crippen LogP contribution in [0.4, 0.5) is 25.4 Å². The first-order valence-corrected chi connectivity index (χ1v) is 19.9. The van der Waals surface area contributed by atoms with Crippen LogP contribution in [0.15, 0.2) is 160 Å². The van der Waals surface area contributed by atoms with Gasteiger partial charge < -0.3 is 15.4 Å². The molecule has 6 aromatic rings. The van der Waals surface area contributed by atoms with E-state index in [1.54, 1.807) is 68.0 Å². The van der Waals surface area contributed by atoms with Crippen LogP contribution in [-0.2, 0) is 32.8 Å². The van der Waals surface area contributed by atoms with Crippen LogP contribution >= 0.6 is 0 Å². The Bertz CT molecular complexity index is 2560. The number of amides is 4. The lowest BCUT2D eigenvalue weighted by Crippen LogP contribution is -2.52. The summed E-state index contributed by atoms with van der Waals surface area (Å²) in [5.74, 6) is -0.944. The summed E-state index contributed by atoms with van der Waals surface area (Å²) >= 11 is 0. The van der Waals surface area contributed by atoms with Crippen molar-refractivity contribution >= 4 is 43.1 Å². The second-order valence-electron chi connectivity index (χ2n) is 12.3. The zero-order chi connectivity index (χ0) is 39.9. The highest BCUT2D eigenvalue weighted by molar-refractivity contribution is 7.91. The van der Waals surface area contributed by atoms with E-state index in [9.17, 15) is 30.8 Å². The number of halogens is 1. The second kappa shape index (κ2) is 16.8. The van der Waals surface area contributed by atoms with Crippen molar-refractivity contribution in [3.05, 3.63) is 163 Å². The molecule has 6 rings (SSSR count). The van der Waals surface area contributed by atoms with E-state index < -0.39 is 37.6 Å². The van der Waals surface area contributed by atoms with Crippen molar-refractivity contribution in [2.45, 2.75) is 39.6 Å². The van der Waals surface area contributed by atoms with E-state index in [2.05, 4.69) is 20.6 Å². The van der Waals surface area contributed by atoms with Crippen LogP contribution in [0.3, 0.4) is 0 Å². The van der Waals surface area contributed by atoms with E-state index in [1.807, 2.05) is 0 Å². The van der Waals surface area contributed by atoms with E-state index in [1.165, 1.54) is 80.0 Å². The maximum absolute atomic E-state index is 14.3. The summed E-state index contributed by atoms with van der Waals surface area (Å²) in [4.78, 5) is 36.3. The van der Waals surface area contributed by atoms with Gasteiger partial charge in [-0.2, -0.15) is 0 Å². The fraction of sp³-hybridized carbons (Fsp3) is 0.100. The summed E-state index contributed by atoms with van der Waals surface area (Å²) in [6, 6.07) is 26.2. The Balaban J connectivity index is 1.28. The monoisotopic (exact) mass is 794 g/mol. The molecule has 0 fully saturated rings. The van der Waals surface area contributed by atoms with Crippen molar-refractivity contribution in [2.24, 2.45) is 0 Å². The van der Waals surface area contributed by atoms with Crippen LogP contribution in [-0.4, -0.2) is 56.0 Å². The average molecular weight is 795 g/mol. The lowest BCUT2D eigenvalue weighted by atomic mass is 10.2. The minimum atomic E-state index is -4.13. The molecule has 2 aromatic heterocycles. The molecule has 0 unspecified atom stereocenters. The molecule has 2 heterocycles. The molecule has 4 aromatic carbocycles. The topological polar surface area (TPSA) is 168 Å². The number of carbonyl (C=O) groups excluding carboxylic acids is 2. The molecule has 16 heteroatoms. The fourth-order valence-corrected chi connectivity index (χ4v) is 8.38. The fourth-order valence-electron chi connectivity index (χ4n) is 5.61. The molecule has 0 spiro atoms. The number of sulfone groups is 2. The number of nitrogens with one attached hydrogen (secondary N) is 2. The summed E-state index contributed by atoms with van der Waals surface area (Å²) in [6.07, 6.45) is 6.21. The zero-order valence-corrected chi connectivity index (χ0v) is 31.7. The van der Waals surface area contributed by atoms with Gasteiger partial charge in [-0.05, 0) is 109 Å². The highest BCUT2D eigenvalue weighted by Crippen LogP contribution is 2.28. The Hall–Kier alpha value is -6.65. The molecule has 0 aliphatic heterocycles. The predicted molar refractivity (Wildman–Crippen MR) is 206 cm³/mol. The summed E-state index contributed by atoms with van der Waals surface area (Å²) < 4.78 is 72.5. The minimum Gasteiger partial charge on any atom is -0.494 e. The first-order chi connectivity index (χ1) is 26.9. The van der Waals surface area contributed by atoms with Gasteiger partial charge in [0.1, 0.15) is 0 Å². The molecule has 286 valence electrons. The van der Waals surface area contributed by atoms with Crippen molar-refractivity contribution in [1.29, 1.82) is 0 Å². The number of carbonyl (C=O) groups is 2. The second-order valence-corrected chi connectivity index (χ2v) is 16.2. The van der Waals surface area contributed by atoms with Gasteiger partial charge in [-0.1, -0.05) is 30.3 Å². The van der Waals surface area contributed by atoms with E-state index in [-0.39, 0.29) is 49.8 Å². The molecule has 0 atom stereocenters. The van der Waals surface area contributed by atoms with Gasteiger partial charge in [0.05, 0.1) is 39.8 Å². The summed E-state index contributed by atoms with van der Waals surface area (Å²) in [5, 5.41) is 7.80. The lowest BCUT2D eigenvalue weighted by molar-refractivity contribution is 0.0466. The van der Waals surface area contributed by atoms with Gasteiger partial charge >= 0.3 is 12.1 Å². The first-order valence-electron chi connectivity index (χ1n) is 16.9. The smallest absolute Gasteiger partial charge is 0.341 e. The summed E-state index contributed by atoms with van der Waals surface area (Å²) in [6.45, 7) is 1.46. The van der Waals surface area contributed by atoms with Crippen LogP contribution in [0.1, 0.15) is 16.7 Å². The van der Waals surface area contributed by atoms with Crippen LogP contribution in [0, 0.1) is 12.7 Å². The number of nitrogens with zero attached hydrogens (tertiary/aromatic N) is 4. The number of hydrogen-bond acceptors (Lipinski definition) is 9. The zero-order valence-electron chi connectivity index (χ0n) is 30.0. The molecule has 0 aliphatic rings. The molecular formula is C40H35FN6O7S2. The van der Waals surface area contributed by atoms with E-state index >= 15 is 0 Å². The number of hydrogen-bond donors (Lipinski definition) is 2. The van der Waals surface area contributed by atoms with Crippen LogP contribution < -0.4 is 15.4 Å². The summed E-state index contributed by atoms with van der Waals surface area (Å²) in [5.41, 5.74) is 2.19. The quantitative estimate of drug-likeness (QED) is 0.128. The molecule has 0 bridgehead atoms. The van der Waals surface area contributed by atoms with Gasteiger partial charge in [0.15, 0.2) is 11.6 Å². The Morgan fingerprint density at radius 3 is 1.57 bits per heavy atom. The number of anilines is 2. The number of rotatable bonds is 11. The highest BCUT2D eigenvalue weighted by Gasteiger charge is 2.29. The number of methoxy groups -OCH3 is 1. The van der Waals surface area contributed by atoms with E-state index in [0.717, 1.165) is 16.1 Å². The van der Waals surface area contributed by atoms with Gasteiger partial charge in [0, 0.05) is 36.2 Å². The van der Waals surface area contributed by atoms with Gasteiger partial charge in [-0.3, -0.25) is 9.97 Å². The normalized spacial score (nSPS) is 11.3. The van der Waals surface area contributed by atoms with E-state index in [0.29, 0.717) is 16.7 Å². The van der Waals surface area contributed by atoms with Crippen molar-refractivity contribution in [3.8, 4) is 5.75 Å². The molecule has 56 heavy (non-hydrogen) atoms. The highest BCUT2D eigenvalue weighted by atomic mass is 32.2. The molecule has 0 radical (unpaired) electrons. The lowest BCUT2D eigenvalue weighted by Gasteiger charge is -2.35. The van der Waals surface area contributed by atoms with Crippen LogP contribution in [0.2, 0.25) is 0 Å². The maximum atomic E-state index is 14.3. The molecular weight excluding hydrogens is 760 g/mol. The van der Waals surface area contributed by atoms with Crippen molar-refractivity contribution < 1.29 is 35.6 Å². The minimum absolute atomic E-state index is 0.0320. The number of aromatic nitrogens is 2. The molecule has 0 saturated heterocycles. The Morgan fingerprint density at radius 1 is 0.643 bits per heavy atom. The maximum Gasteiger partial charge on any atom is 0.341 e. The van der Waals surface area contributed by atoms with Gasteiger partial charge in [0.25, 0.3) is 0 Å². The van der Waals surface area contributed by atoms with Crippen LogP contribution in [0.25, 0.3) is 0 Å². The molecule has 2 N–H and O–H groups in total. The molecule has 13 nitrogen and oxygen atoms in total. The Labute approximate surface area is 323 Å². The van der Waals surface area contributed by atoms with Gasteiger partial charge in [0.2, 0.25) is 19.7 Å². The van der Waals surface area contributed by atoms with Crippen LogP contribution in [0.5, 0.6) is 5.75 Å². The first kappa shape index (κ1) is 39.1. The number of urea groups is 2. The number of pyridine rings is 2. The van der Waals surface area contributed by atoms with Crippen molar-refractivity contribution in [3.63, 3.8) is 0 Å². The average Bonchev–Trinajstić information content (AvgIpc) is 3.20. The number of aryl methyl sites for hydroxylation is 1. The third kappa shape index (κ3) is 8.83. The van der Waals surface area contributed by atoms with Crippen molar-refractivity contribution in [2.75, 3.05) is 17.7 Å². The third-order valence-corrected chi connectivity index (χ3v) is 12.2. The SMILES string of the molecule is COc1ccc(S(=O)(=O)c2ccc(NC(=O)N(Cc3cccnc3)N(Cc3cccnc3)C(=O)Nc3ccc(S(=O)(=O)c4ccccc4C)cc3)cc2)cc1F. The van der Waals surface area contributed by atoms with Gasteiger partial charge in [-0.25, -0.2) is 40.8 Å². The van der Waals surface area contributed by atoms with E-state index in [4.69, 9.17) is 4.74 Å². The molecule has 4 amide bonds. The van der Waals surface area contributed by atoms with Crippen molar-refractivity contribution in [1.82, 2.24) is 20.0 Å². The largest absolute Gasteiger partial charge is 0.494 e. The van der Waals surface area contributed by atoms with Gasteiger partial charge in [-0.15, -0.1) is 0 Å².